The van der Waals surface area contributed by atoms with Gasteiger partial charge in [0.05, 0.1) is 35.4 Å². The van der Waals surface area contributed by atoms with Crippen molar-refractivity contribution in [1.82, 2.24) is 9.66 Å². The first kappa shape index (κ1) is 20.4. The highest BCUT2D eigenvalue weighted by Crippen LogP contribution is 2.36. The van der Waals surface area contributed by atoms with Crippen LogP contribution in [0.4, 0.5) is 0 Å². The summed E-state index contributed by atoms with van der Waals surface area (Å²) in [4.78, 5) is 17.3. The van der Waals surface area contributed by atoms with Gasteiger partial charge in [-0.25, -0.2) is 4.98 Å². The Labute approximate surface area is 175 Å². The van der Waals surface area contributed by atoms with Crippen molar-refractivity contribution in [3.8, 4) is 11.5 Å². The standard InChI is InChI=1S/C20H19BrClN3O3/c1-4-27-18-9-13(8-16(22)19(18)28-5-2)11-23-25-12(3)24-17-7-6-14(21)10-15(17)20(25)26/h6-11H,4-5H2,1-3H3. The third-order valence-electron chi connectivity index (χ3n) is 3.91. The van der Waals surface area contributed by atoms with Crippen LogP contribution in [-0.2, 0) is 0 Å². The van der Waals surface area contributed by atoms with E-state index in [1.807, 2.05) is 19.9 Å². The molecule has 0 unspecified atom stereocenters. The lowest BCUT2D eigenvalue weighted by Crippen LogP contribution is -2.20. The van der Waals surface area contributed by atoms with Gasteiger partial charge in [-0.05, 0) is 56.7 Å². The van der Waals surface area contributed by atoms with Crippen LogP contribution in [0.2, 0.25) is 5.02 Å². The van der Waals surface area contributed by atoms with Crippen LogP contribution >= 0.6 is 27.5 Å². The Bertz CT molecular complexity index is 1110. The number of nitrogens with zero attached hydrogens (tertiary/aromatic N) is 3. The Morgan fingerprint density at radius 2 is 1.96 bits per heavy atom. The molecular weight excluding hydrogens is 446 g/mol. The average Bonchev–Trinajstić information content (AvgIpc) is 2.65. The van der Waals surface area contributed by atoms with Crippen LogP contribution in [0.5, 0.6) is 11.5 Å². The molecule has 0 spiro atoms. The fourth-order valence-corrected chi connectivity index (χ4v) is 3.36. The molecule has 28 heavy (non-hydrogen) atoms. The number of ether oxygens (including phenoxy) is 2. The lowest BCUT2D eigenvalue weighted by atomic mass is 10.2. The molecule has 1 aromatic heterocycles. The van der Waals surface area contributed by atoms with Gasteiger partial charge in [-0.2, -0.15) is 9.78 Å². The lowest BCUT2D eigenvalue weighted by Gasteiger charge is -2.13. The summed E-state index contributed by atoms with van der Waals surface area (Å²) in [5, 5.41) is 5.22. The van der Waals surface area contributed by atoms with Crippen molar-refractivity contribution >= 4 is 44.6 Å². The topological polar surface area (TPSA) is 65.7 Å². The fraction of sp³-hybridized carbons (Fsp3) is 0.250. The molecule has 6 nitrogen and oxygen atoms in total. The van der Waals surface area contributed by atoms with E-state index in [0.717, 1.165) is 4.47 Å². The van der Waals surface area contributed by atoms with Crippen LogP contribution in [-0.4, -0.2) is 29.1 Å². The third kappa shape index (κ3) is 4.20. The molecule has 0 N–H and O–H groups in total. The number of aromatic nitrogens is 2. The van der Waals surface area contributed by atoms with Gasteiger partial charge in [0.2, 0.25) is 0 Å². The summed E-state index contributed by atoms with van der Waals surface area (Å²) in [6.45, 7) is 6.43. The second-order valence-corrected chi connectivity index (χ2v) is 7.20. The van der Waals surface area contributed by atoms with Gasteiger partial charge in [-0.3, -0.25) is 4.79 Å². The molecule has 3 rings (SSSR count). The molecule has 0 aliphatic heterocycles. The molecular formula is C20H19BrClN3O3. The molecule has 0 aliphatic rings. The van der Waals surface area contributed by atoms with Crippen molar-refractivity contribution in [1.29, 1.82) is 0 Å². The van der Waals surface area contributed by atoms with Crippen molar-refractivity contribution in [2.24, 2.45) is 5.10 Å². The van der Waals surface area contributed by atoms with E-state index in [-0.39, 0.29) is 5.56 Å². The van der Waals surface area contributed by atoms with Crippen LogP contribution in [0, 0.1) is 6.92 Å². The predicted octanol–water partition coefficient (Wildman–Crippen LogP) is 4.80. The molecule has 0 amide bonds. The molecule has 3 aromatic rings. The van der Waals surface area contributed by atoms with E-state index in [1.165, 1.54) is 4.68 Å². The highest BCUT2D eigenvalue weighted by atomic mass is 79.9. The minimum Gasteiger partial charge on any atom is -0.490 e. The van der Waals surface area contributed by atoms with E-state index in [4.69, 9.17) is 21.1 Å². The monoisotopic (exact) mass is 463 g/mol. The van der Waals surface area contributed by atoms with Gasteiger partial charge in [0, 0.05) is 4.47 Å². The Hall–Kier alpha value is -2.38. The SMILES string of the molecule is CCOc1cc(C=Nn2c(C)nc3ccc(Br)cc3c2=O)cc(Cl)c1OCC. The molecule has 1 heterocycles. The largest absolute Gasteiger partial charge is 0.490 e. The van der Waals surface area contributed by atoms with Crippen molar-refractivity contribution < 1.29 is 9.47 Å². The summed E-state index contributed by atoms with van der Waals surface area (Å²) in [6, 6.07) is 8.86. The maximum Gasteiger partial charge on any atom is 0.282 e. The van der Waals surface area contributed by atoms with Crippen LogP contribution in [0.25, 0.3) is 10.9 Å². The van der Waals surface area contributed by atoms with Crippen molar-refractivity contribution in [2.45, 2.75) is 20.8 Å². The Kier molecular flexibility index (Phi) is 6.36. The third-order valence-corrected chi connectivity index (χ3v) is 4.69. The maximum atomic E-state index is 12.8. The molecule has 0 saturated carbocycles. The van der Waals surface area contributed by atoms with E-state index in [2.05, 4.69) is 26.0 Å². The second-order valence-electron chi connectivity index (χ2n) is 5.88. The second kappa shape index (κ2) is 8.75. The highest BCUT2D eigenvalue weighted by molar-refractivity contribution is 9.10. The first-order valence-electron chi connectivity index (χ1n) is 8.77. The first-order valence-corrected chi connectivity index (χ1v) is 9.94. The van der Waals surface area contributed by atoms with Crippen LogP contribution in [0.1, 0.15) is 25.2 Å². The summed E-state index contributed by atoms with van der Waals surface area (Å²) in [6.07, 6.45) is 1.55. The molecule has 8 heteroatoms. The van der Waals surface area contributed by atoms with Gasteiger partial charge >= 0.3 is 0 Å². The number of rotatable bonds is 6. The summed E-state index contributed by atoms with van der Waals surface area (Å²) in [5.41, 5.74) is 1.06. The van der Waals surface area contributed by atoms with Crippen LogP contribution in [0.3, 0.4) is 0 Å². The van der Waals surface area contributed by atoms with Crippen LogP contribution in [0.15, 0.2) is 44.7 Å². The Morgan fingerprint density at radius 3 is 2.68 bits per heavy atom. The van der Waals surface area contributed by atoms with Gasteiger partial charge in [0.15, 0.2) is 11.5 Å². The summed E-state index contributed by atoms with van der Waals surface area (Å²) in [7, 11) is 0. The molecule has 2 aromatic carbocycles. The average molecular weight is 465 g/mol. The summed E-state index contributed by atoms with van der Waals surface area (Å²) >= 11 is 9.72. The van der Waals surface area contributed by atoms with Gasteiger partial charge in [-0.1, -0.05) is 27.5 Å². The minimum atomic E-state index is -0.248. The smallest absolute Gasteiger partial charge is 0.282 e. The quantitative estimate of drug-likeness (QED) is 0.492. The van der Waals surface area contributed by atoms with E-state index >= 15 is 0 Å². The molecule has 146 valence electrons. The number of aryl methyl sites for hydroxylation is 1. The predicted molar refractivity (Wildman–Crippen MR) is 115 cm³/mol. The lowest BCUT2D eigenvalue weighted by molar-refractivity contribution is 0.288. The zero-order chi connectivity index (χ0) is 20.3. The highest BCUT2D eigenvalue weighted by Gasteiger charge is 2.12. The number of benzene rings is 2. The molecule has 0 atom stereocenters. The van der Waals surface area contributed by atoms with Crippen molar-refractivity contribution in [3.05, 3.63) is 61.6 Å². The number of hydrogen-bond acceptors (Lipinski definition) is 5. The van der Waals surface area contributed by atoms with Gasteiger partial charge in [-0.15, -0.1) is 0 Å². The minimum absolute atomic E-state index is 0.248. The normalized spacial score (nSPS) is 11.3. The fourth-order valence-electron chi connectivity index (χ4n) is 2.73. The van der Waals surface area contributed by atoms with E-state index in [9.17, 15) is 4.79 Å². The Balaban J connectivity index is 2.05. The molecule has 0 radical (unpaired) electrons. The summed E-state index contributed by atoms with van der Waals surface area (Å²) < 4.78 is 13.3. The number of hydrogen-bond donors (Lipinski definition) is 0. The molecule has 0 fully saturated rings. The number of halogens is 2. The van der Waals surface area contributed by atoms with Crippen molar-refractivity contribution in [3.63, 3.8) is 0 Å². The zero-order valence-electron chi connectivity index (χ0n) is 15.7. The molecule has 0 saturated heterocycles. The van der Waals surface area contributed by atoms with Gasteiger partial charge < -0.3 is 9.47 Å². The maximum absolute atomic E-state index is 12.8. The van der Waals surface area contributed by atoms with E-state index in [0.29, 0.717) is 52.0 Å². The van der Waals surface area contributed by atoms with Crippen molar-refractivity contribution in [2.75, 3.05) is 13.2 Å². The van der Waals surface area contributed by atoms with Gasteiger partial charge in [0.1, 0.15) is 5.82 Å². The zero-order valence-corrected chi connectivity index (χ0v) is 18.0. The van der Waals surface area contributed by atoms with Gasteiger partial charge in [0.25, 0.3) is 5.56 Å². The van der Waals surface area contributed by atoms with E-state index < -0.39 is 0 Å². The molecule has 0 bridgehead atoms. The number of fused-ring (bicyclic) bond motifs is 1. The summed E-state index contributed by atoms with van der Waals surface area (Å²) in [5.74, 6) is 1.51. The van der Waals surface area contributed by atoms with E-state index in [1.54, 1.807) is 37.4 Å². The first-order chi connectivity index (χ1) is 13.4. The molecule has 0 aliphatic carbocycles. The Morgan fingerprint density at radius 1 is 1.21 bits per heavy atom. The van der Waals surface area contributed by atoms with Crippen LogP contribution < -0.4 is 15.0 Å².